The highest BCUT2D eigenvalue weighted by Gasteiger charge is 2.07. The first-order chi connectivity index (χ1) is 15.7. The number of unbranched alkanes of at least 4 members (excludes halogenated alkanes) is 1. The van der Waals surface area contributed by atoms with Gasteiger partial charge in [-0.05, 0) is 55.0 Å². The van der Waals surface area contributed by atoms with E-state index in [2.05, 4.69) is 17.6 Å². The fourth-order valence-corrected chi connectivity index (χ4v) is 2.92. The molecule has 0 spiro atoms. The quantitative estimate of drug-likeness (QED) is 0.354. The van der Waals surface area contributed by atoms with Crippen molar-refractivity contribution in [3.63, 3.8) is 0 Å². The summed E-state index contributed by atoms with van der Waals surface area (Å²) in [6.07, 6.45) is 2.12. The van der Waals surface area contributed by atoms with E-state index < -0.39 is 0 Å². The lowest BCUT2D eigenvalue weighted by Crippen LogP contribution is -2.22. The summed E-state index contributed by atoms with van der Waals surface area (Å²) in [5.41, 5.74) is 1.48. The smallest absolute Gasteiger partial charge is 0.243 e. The maximum atomic E-state index is 12.3. The highest BCUT2D eigenvalue weighted by molar-refractivity contribution is 5.94. The molecule has 0 aliphatic carbocycles. The Morgan fingerprint density at radius 1 is 0.750 bits per heavy atom. The Kier molecular flexibility index (Phi) is 9.27. The number of rotatable bonds is 13. The van der Waals surface area contributed by atoms with Gasteiger partial charge in [0.05, 0.1) is 18.8 Å². The van der Waals surface area contributed by atoms with Gasteiger partial charge in [0.25, 0.3) is 0 Å². The molecule has 6 nitrogen and oxygen atoms in total. The zero-order valence-corrected chi connectivity index (χ0v) is 18.4. The van der Waals surface area contributed by atoms with Crippen LogP contribution in [0.4, 0.5) is 11.4 Å². The van der Waals surface area contributed by atoms with Crippen LogP contribution < -0.4 is 24.8 Å². The molecule has 0 radical (unpaired) electrons. The first-order valence-electron chi connectivity index (χ1n) is 10.9. The molecular weight excluding hydrogens is 404 g/mol. The van der Waals surface area contributed by atoms with Gasteiger partial charge in [-0.15, -0.1) is 0 Å². The molecular formula is C26H30N2O4. The lowest BCUT2D eigenvalue weighted by Gasteiger charge is -2.14. The SMILES string of the molecule is CCCCOc1ccc(NC(=O)CNc2ccccc2OCCOc2ccccc2)cc1. The summed E-state index contributed by atoms with van der Waals surface area (Å²) in [6, 6.07) is 24.5. The van der Waals surface area contributed by atoms with Gasteiger partial charge in [0.2, 0.25) is 5.91 Å². The molecule has 3 rings (SSSR count). The molecule has 32 heavy (non-hydrogen) atoms. The van der Waals surface area contributed by atoms with Crippen molar-refractivity contribution in [3.05, 3.63) is 78.9 Å². The van der Waals surface area contributed by atoms with Crippen LogP contribution in [0.15, 0.2) is 78.9 Å². The van der Waals surface area contributed by atoms with Crippen molar-refractivity contribution in [2.75, 3.05) is 37.0 Å². The summed E-state index contributed by atoms with van der Waals surface area (Å²) in [4.78, 5) is 12.3. The summed E-state index contributed by atoms with van der Waals surface area (Å²) in [6.45, 7) is 3.77. The summed E-state index contributed by atoms with van der Waals surface area (Å²) in [5, 5.41) is 6.01. The van der Waals surface area contributed by atoms with Crippen molar-refractivity contribution >= 4 is 17.3 Å². The minimum Gasteiger partial charge on any atom is -0.494 e. The van der Waals surface area contributed by atoms with Crippen molar-refractivity contribution in [1.29, 1.82) is 0 Å². The number of benzene rings is 3. The van der Waals surface area contributed by atoms with Crippen LogP contribution in [0.5, 0.6) is 17.2 Å². The third-order valence-electron chi connectivity index (χ3n) is 4.58. The predicted octanol–water partition coefficient (Wildman–Crippen LogP) is 5.37. The number of nitrogens with one attached hydrogen (secondary N) is 2. The molecule has 0 aliphatic heterocycles. The molecule has 0 bridgehead atoms. The molecule has 0 aromatic heterocycles. The van der Waals surface area contributed by atoms with Gasteiger partial charge in [-0.1, -0.05) is 43.7 Å². The van der Waals surface area contributed by atoms with E-state index in [0.717, 1.165) is 35.7 Å². The van der Waals surface area contributed by atoms with Gasteiger partial charge in [0, 0.05) is 5.69 Å². The standard InChI is InChI=1S/C26H30N2O4/c1-2-3-17-30-23-15-13-21(14-16-23)28-26(29)20-27-24-11-7-8-12-25(24)32-19-18-31-22-9-5-4-6-10-22/h4-16,27H,2-3,17-20H2,1H3,(H,28,29). The van der Waals surface area contributed by atoms with Gasteiger partial charge >= 0.3 is 0 Å². The van der Waals surface area contributed by atoms with Crippen LogP contribution in [0.3, 0.4) is 0 Å². The van der Waals surface area contributed by atoms with Gasteiger partial charge in [-0.2, -0.15) is 0 Å². The Bertz CT molecular complexity index is 946. The molecule has 3 aromatic rings. The molecule has 0 saturated carbocycles. The Hall–Kier alpha value is -3.67. The van der Waals surface area contributed by atoms with Crippen molar-refractivity contribution < 1.29 is 19.0 Å². The lowest BCUT2D eigenvalue weighted by molar-refractivity contribution is -0.114. The lowest BCUT2D eigenvalue weighted by atomic mass is 10.3. The average Bonchev–Trinajstić information content (AvgIpc) is 2.83. The van der Waals surface area contributed by atoms with Gasteiger partial charge in [0.1, 0.15) is 30.5 Å². The van der Waals surface area contributed by atoms with E-state index in [1.807, 2.05) is 78.9 Å². The minimum absolute atomic E-state index is 0.121. The molecule has 0 aliphatic rings. The van der Waals surface area contributed by atoms with Crippen LogP contribution in [-0.4, -0.2) is 32.3 Å². The Balaban J connectivity index is 1.42. The summed E-state index contributed by atoms with van der Waals surface area (Å²) < 4.78 is 17.1. The number of amides is 1. The van der Waals surface area contributed by atoms with Crippen molar-refractivity contribution in [1.82, 2.24) is 0 Å². The molecule has 3 aromatic carbocycles. The second-order valence-corrected chi connectivity index (χ2v) is 7.13. The Labute approximate surface area is 189 Å². The zero-order valence-electron chi connectivity index (χ0n) is 18.4. The van der Waals surface area contributed by atoms with Crippen LogP contribution in [0.25, 0.3) is 0 Å². The topological polar surface area (TPSA) is 68.8 Å². The van der Waals surface area contributed by atoms with Crippen LogP contribution >= 0.6 is 0 Å². The number of para-hydroxylation sites is 3. The van der Waals surface area contributed by atoms with Crippen molar-refractivity contribution in [3.8, 4) is 17.2 Å². The zero-order chi connectivity index (χ0) is 22.4. The van der Waals surface area contributed by atoms with Gasteiger partial charge in [-0.25, -0.2) is 0 Å². The first kappa shape index (κ1) is 23.0. The number of anilines is 2. The molecule has 6 heteroatoms. The van der Waals surface area contributed by atoms with Gasteiger partial charge in [-0.3, -0.25) is 4.79 Å². The van der Waals surface area contributed by atoms with Crippen molar-refractivity contribution in [2.45, 2.75) is 19.8 Å². The normalized spacial score (nSPS) is 10.3. The number of carbonyl (C=O) groups is 1. The second kappa shape index (κ2) is 12.9. The van der Waals surface area contributed by atoms with E-state index >= 15 is 0 Å². The largest absolute Gasteiger partial charge is 0.494 e. The Morgan fingerprint density at radius 2 is 1.41 bits per heavy atom. The molecule has 1 amide bonds. The predicted molar refractivity (Wildman–Crippen MR) is 128 cm³/mol. The summed E-state index contributed by atoms with van der Waals surface area (Å²) in [5.74, 6) is 2.13. The maximum absolute atomic E-state index is 12.3. The number of hydrogen-bond donors (Lipinski definition) is 2. The fourth-order valence-electron chi connectivity index (χ4n) is 2.92. The van der Waals surface area contributed by atoms with E-state index in [1.165, 1.54) is 0 Å². The van der Waals surface area contributed by atoms with Crippen LogP contribution in [0, 0.1) is 0 Å². The number of hydrogen-bond acceptors (Lipinski definition) is 5. The van der Waals surface area contributed by atoms with E-state index in [0.29, 0.717) is 25.6 Å². The number of carbonyl (C=O) groups excluding carboxylic acids is 1. The molecule has 0 atom stereocenters. The first-order valence-corrected chi connectivity index (χ1v) is 10.9. The molecule has 0 fully saturated rings. The fraction of sp³-hybridized carbons (Fsp3) is 0.269. The van der Waals surface area contributed by atoms with E-state index in [4.69, 9.17) is 14.2 Å². The molecule has 168 valence electrons. The van der Waals surface area contributed by atoms with Crippen LogP contribution in [0.2, 0.25) is 0 Å². The Morgan fingerprint density at radius 3 is 2.19 bits per heavy atom. The second-order valence-electron chi connectivity index (χ2n) is 7.13. The van der Waals surface area contributed by atoms with E-state index in [9.17, 15) is 4.79 Å². The third kappa shape index (κ3) is 7.87. The third-order valence-corrected chi connectivity index (χ3v) is 4.58. The van der Waals surface area contributed by atoms with Crippen LogP contribution in [-0.2, 0) is 4.79 Å². The highest BCUT2D eigenvalue weighted by Crippen LogP contribution is 2.23. The molecule has 0 saturated heterocycles. The minimum atomic E-state index is -0.146. The van der Waals surface area contributed by atoms with Crippen molar-refractivity contribution in [2.24, 2.45) is 0 Å². The maximum Gasteiger partial charge on any atom is 0.243 e. The molecule has 2 N–H and O–H groups in total. The molecule has 0 unspecified atom stereocenters. The number of ether oxygens (including phenoxy) is 3. The van der Waals surface area contributed by atoms with E-state index in [1.54, 1.807) is 0 Å². The molecule has 0 heterocycles. The van der Waals surface area contributed by atoms with Gasteiger partial charge in [0.15, 0.2) is 0 Å². The van der Waals surface area contributed by atoms with Crippen LogP contribution in [0.1, 0.15) is 19.8 Å². The average molecular weight is 435 g/mol. The van der Waals surface area contributed by atoms with E-state index in [-0.39, 0.29) is 12.5 Å². The van der Waals surface area contributed by atoms with Gasteiger partial charge < -0.3 is 24.8 Å². The summed E-state index contributed by atoms with van der Waals surface area (Å²) in [7, 11) is 0. The summed E-state index contributed by atoms with van der Waals surface area (Å²) >= 11 is 0. The highest BCUT2D eigenvalue weighted by atomic mass is 16.5. The monoisotopic (exact) mass is 434 g/mol.